The molecule has 0 rings (SSSR count). The monoisotopic (exact) mass is 233 g/mol. The predicted molar refractivity (Wildman–Crippen MR) is 30.3 cm³/mol. The van der Waals surface area contributed by atoms with Crippen molar-refractivity contribution in [2.45, 2.75) is 6.92 Å². The molecule has 0 aliphatic carbocycles. The quantitative estimate of drug-likeness (QED) is 0.292. The van der Waals surface area contributed by atoms with Crippen LogP contribution in [0.3, 0.4) is 0 Å². The van der Waals surface area contributed by atoms with E-state index in [2.05, 4.69) is 6.58 Å². The second kappa shape index (κ2) is 7.27. The number of aliphatic carboxylic acids is 1. The summed E-state index contributed by atoms with van der Waals surface area (Å²) >= 11 is 0. The minimum absolute atomic E-state index is 0. The van der Waals surface area contributed by atoms with Crippen LogP contribution in [0.25, 0.3) is 0 Å². The molecule has 0 aliphatic heterocycles. The van der Waals surface area contributed by atoms with Crippen molar-refractivity contribution < 1.29 is 44.8 Å². The number of hydrogen-bond acceptors (Lipinski definition) is 6. The molecule has 0 spiro atoms. The Kier molecular flexibility index (Phi) is 10.7. The molecule has 1 radical (unpaired) electrons. The summed E-state index contributed by atoms with van der Waals surface area (Å²) in [6.07, 6.45) is 0. The van der Waals surface area contributed by atoms with Crippen LogP contribution in [0.15, 0.2) is 12.2 Å². The summed E-state index contributed by atoms with van der Waals surface area (Å²) in [5.74, 6) is -1.19. The predicted octanol–water partition coefficient (Wildman–Crippen LogP) is -2.03. The maximum atomic E-state index is 9.49. The molecule has 0 atom stereocenters. The van der Waals surface area contributed by atoms with Gasteiger partial charge in [0.05, 0.1) is 5.97 Å². The molecule has 0 aromatic carbocycles. The van der Waals surface area contributed by atoms with Crippen LogP contribution in [-0.2, 0) is 32.6 Å². The minimum Gasteiger partial charge on any atom is -0.759 e. The van der Waals surface area contributed by atoms with Crippen LogP contribution in [0.5, 0.6) is 0 Å². The summed E-state index contributed by atoms with van der Waals surface area (Å²) < 4.78 is 34.1. The van der Waals surface area contributed by atoms with Crippen LogP contribution in [-0.4, -0.2) is 23.5 Å². The average molecular weight is 233 g/mol. The van der Waals surface area contributed by atoms with Gasteiger partial charge < -0.3 is 19.0 Å². The fourth-order valence-electron chi connectivity index (χ4n) is 0. The van der Waals surface area contributed by atoms with Gasteiger partial charge in [-0.2, -0.15) is 0 Å². The molecule has 0 heterocycles. The van der Waals surface area contributed by atoms with Crippen molar-refractivity contribution in [2.75, 3.05) is 0 Å². The van der Waals surface area contributed by atoms with Gasteiger partial charge in [0.1, 0.15) is 0 Å². The summed E-state index contributed by atoms with van der Waals surface area (Å²) in [4.78, 5) is 9.49. The van der Waals surface area contributed by atoms with Gasteiger partial charge in [-0.1, -0.05) is 6.58 Å². The fraction of sp³-hybridized carbons (Fsp3) is 0.250. The van der Waals surface area contributed by atoms with E-state index in [0.717, 1.165) is 0 Å². The van der Waals surface area contributed by atoms with Gasteiger partial charge in [0.2, 0.25) is 0 Å². The molecule has 0 fully saturated rings. The van der Waals surface area contributed by atoms with Gasteiger partial charge in [-0.3, -0.25) is 8.42 Å². The van der Waals surface area contributed by atoms with E-state index in [1.807, 2.05) is 0 Å². The molecule has 69 valence electrons. The van der Waals surface area contributed by atoms with Crippen molar-refractivity contribution in [3.05, 3.63) is 12.2 Å². The Morgan fingerprint density at radius 3 is 1.42 bits per heavy atom. The smallest absolute Gasteiger partial charge is 0.759 e. The molecule has 0 bridgehead atoms. The average Bonchev–Trinajstić information content (AvgIpc) is 1.59. The minimum atomic E-state index is -5.17. The van der Waals surface area contributed by atoms with Gasteiger partial charge in [0.15, 0.2) is 0 Å². The largest absolute Gasteiger partial charge is 3.00 e. The van der Waals surface area contributed by atoms with Crippen molar-refractivity contribution in [1.29, 1.82) is 0 Å². The Hall–Kier alpha value is -0.388. The van der Waals surface area contributed by atoms with E-state index in [-0.39, 0.29) is 22.9 Å². The van der Waals surface area contributed by atoms with Gasteiger partial charge >= 0.3 is 17.4 Å². The van der Waals surface area contributed by atoms with Crippen LogP contribution < -0.4 is 5.11 Å². The normalized spacial score (nSPS) is 8.58. The van der Waals surface area contributed by atoms with Crippen LogP contribution in [0.2, 0.25) is 0 Å². The number of carboxylic acids is 1. The Morgan fingerprint density at radius 1 is 1.33 bits per heavy atom. The number of hydrogen-bond donors (Lipinski definition) is 0. The van der Waals surface area contributed by atoms with Crippen molar-refractivity contribution >= 4 is 16.4 Å². The van der Waals surface area contributed by atoms with Crippen molar-refractivity contribution in [3.8, 4) is 0 Å². The van der Waals surface area contributed by atoms with Gasteiger partial charge in [-0.25, -0.2) is 0 Å². The Balaban J connectivity index is -0.000000126. The van der Waals surface area contributed by atoms with Crippen molar-refractivity contribution in [1.82, 2.24) is 0 Å². The fourth-order valence-corrected chi connectivity index (χ4v) is 0. The molecule has 8 heteroatoms. The van der Waals surface area contributed by atoms with Crippen LogP contribution in [0, 0.1) is 0 Å². The molecule has 0 aromatic rings. The molecule has 12 heavy (non-hydrogen) atoms. The zero-order valence-corrected chi connectivity index (χ0v) is 8.06. The molecule has 0 amide bonds. The van der Waals surface area contributed by atoms with E-state index in [1.54, 1.807) is 0 Å². The Bertz CT molecular complexity index is 222. The first-order valence-electron chi connectivity index (χ1n) is 2.18. The second-order valence-electron chi connectivity index (χ2n) is 1.48. The molecule has 0 saturated carbocycles. The third-order valence-electron chi connectivity index (χ3n) is 0.348. The first kappa shape index (κ1) is 17.6. The van der Waals surface area contributed by atoms with E-state index in [0.29, 0.717) is 0 Å². The third kappa shape index (κ3) is 54.6. The summed E-state index contributed by atoms with van der Waals surface area (Å²) in [6, 6.07) is 0. The first-order valence-corrected chi connectivity index (χ1v) is 3.51. The van der Waals surface area contributed by atoms with E-state index in [9.17, 15) is 9.90 Å². The SMILES string of the molecule is C=C(C)C(=O)[O-].O=S(=O)([O-])[O-].[Cr+3]. The Morgan fingerprint density at radius 2 is 1.42 bits per heavy atom. The standard InChI is InChI=1S/C4H6O2.Cr.H2O4S/c1-3(2)4(5)6;;1-5(2,3)4/h1H2,2H3,(H,5,6);;(H2,1,2,3,4)/q;+3;/p-3. The van der Waals surface area contributed by atoms with Gasteiger partial charge in [-0.15, -0.1) is 0 Å². The zero-order chi connectivity index (χ0) is 9.65. The molecule has 0 aliphatic rings. The first-order chi connectivity index (χ1) is 4.64. The van der Waals surface area contributed by atoms with Crippen LogP contribution in [0.1, 0.15) is 6.92 Å². The molecular formula is C4H5CrO6S. The second-order valence-corrected chi connectivity index (χ2v) is 2.29. The molecule has 0 aromatic heterocycles. The van der Waals surface area contributed by atoms with Gasteiger partial charge in [-0.05, 0) is 12.5 Å². The third-order valence-corrected chi connectivity index (χ3v) is 0.348. The zero-order valence-electron chi connectivity index (χ0n) is 5.97. The van der Waals surface area contributed by atoms with Gasteiger partial charge in [0, 0.05) is 10.4 Å². The topological polar surface area (TPSA) is 120 Å². The van der Waals surface area contributed by atoms with Crippen LogP contribution >= 0.6 is 0 Å². The molecule has 6 nitrogen and oxygen atoms in total. The van der Waals surface area contributed by atoms with Gasteiger partial charge in [0.25, 0.3) is 0 Å². The number of carboxylic acid groups (broad SMARTS) is 1. The summed E-state index contributed by atoms with van der Waals surface area (Å²) in [5, 5.41) is 9.49. The maximum absolute atomic E-state index is 9.49. The summed E-state index contributed by atoms with van der Waals surface area (Å²) in [6.45, 7) is 4.48. The maximum Gasteiger partial charge on any atom is 3.00 e. The van der Waals surface area contributed by atoms with Crippen molar-refractivity contribution in [2.24, 2.45) is 0 Å². The molecular weight excluding hydrogens is 228 g/mol. The Labute approximate surface area is 80.6 Å². The van der Waals surface area contributed by atoms with E-state index >= 15 is 0 Å². The molecule has 0 N–H and O–H groups in total. The number of carbonyl (C=O) groups excluding carboxylic acids is 1. The van der Waals surface area contributed by atoms with Crippen LogP contribution in [0.4, 0.5) is 0 Å². The van der Waals surface area contributed by atoms with Crippen molar-refractivity contribution in [3.63, 3.8) is 0 Å². The number of rotatable bonds is 1. The van der Waals surface area contributed by atoms with E-state index in [4.69, 9.17) is 17.5 Å². The van der Waals surface area contributed by atoms with E-state index in [1.165, 1.54) is 6.92 Å². The molecule has 0 saturated heterocycles. The summed E-state index contributed by atoms with van der Waals surface area (Å²) in [5.41, 5.74) is 0.0648. The molecule has 0 unspecified atom stereocenters. The van der Waals surface area contributed by atoms with E-state index < -0.39 is 16.4 Å². The number of carbonyl (C=O) groups is 1. The summed E-state index contributed by atoms with van der Waals surface area (Å²) in [7, 11) is -5.17.